The molecule has 0 heterocycles. The first kappa shape index (κ1) is 25.7. The van der Waals surface area contributed by atoms with Crippen molar-refractivity contribution in [2.75, 3.05) is 19.8 Å². The largest absolute Gasteiger partial charge is 0.389 e. The average molecular weight is 383 g/mol. The van der Waals surface area contributed by atoms with Crippen molar-refractivity contribution >= 4 is 0 Å². The highest BCUT2D eigenvalue weighted by Gasteiger charge is 2.25. The van der Waals surface area contributed by atoms with E-state index in [1.54, 1.807) is 0 Å². The van der Waals surface area contributed by atoms with Crippen LogP contribution in [-0.4, -0.2) is 32.1 Å². The second-order valence-corrected chi connectivity index (χ2v) is 7.49. The molecule has 0 aliphatic heterocycles. The Bertz CT molecular complexity index is 281. The normalized spacial score (nSPS) is 12.2. The van der Waals surface area contributed by atoms with E-state index in [4.69, 9.17) is 9.47 Å². The van der Waals surface area contributed by atoms with Crippen molar-refractivity contribution in [1.82, 2.24) is 0 Å². The zero-order valence-electron chi connectivity index (χ0n) is 17.0. The maximum atomic E-state index is 12.0. The van der Waals surface area contributed by atoms with Crippen LogP contribution in [-0.2, 0) is 9.47 Å². The lowest BCUT2D eigenvalue weighted by Gasteiger charge is -2.08. The molecule has 0 spiro atoms. The Morgan fingerprint density at radius 2 is 1.00 bits per heavy atom. The molecule has 0 bridgehead atoms. The fraction of sp³-hybridized carbons (Fsp3) is 1.00. The lowest BCUT2D eigenvalue weighted by Crippen LogP contribution is -2.10. The molecule has 0 radical (unpaired) electrons. The maximum Gasteiger partial charge on any atom is 0.389 e. The fourth-order valence-electron chi connectivity index (χ4n) is 2.92. The standard InChI is InChI=1S/C21H41F3O2/c1-20(2)26-19-18-25-17-15-13-11-9-7-5-3-4-6-8-10-12-14-16-21(22,23)24/h20H,3-19H2,1-2H3. The van der Waals surface area contributed by atoms with Gasteiger partial charge >= 0.3 is 6.18 Å². The van der Waals surface area contributed by atoms with Gasteiger partial charge in [-0.2, -0.15) is 13.2 Å². The van der Waals surface area contributed by atoms with Gasteiger partial charge in [0, 0.05) is 13.0 Å². The lowest BCUT2D eigenvalue weighted by molar-refractivity contribution is -0.135. The Kier molecular flexibility index (Phi) is 17.9. The summed E-state index contributed by atoms with van der Waals surface area (Å²) in [5.74, 6) is 0. The minimum Gasteiger partial charge on any atom is -0.379 e. The van der Waals surface area contributed by atoms with Gasteiger partial charge in [-0.25, -0.2) is 0 Å². The van der Waals surface area contributed by atoms with Crippen molar-refractivity contribution in [2.45, 2.75) is 116 Å². The topological polar surface area (TPSA) is 18.5 Å². The molecule has 0 atom stereocenters. The van der Waals surface area contributed by atoms with Crippen molar-refractivity contribution < 1.29 is 22.6 Å². The van der Waals surface area contributed by atoms with Gasteiger partial charge in [-0.1, -0.05) is 70.6 Å². The number of halogens is 3. The Hall–Kier alpha value is -0.290. The van der Waals surface area contributed by atoms with Gasteiger partial charge in [0.15, 0.2) is 0 Å². The fourth-order valence-corrected chi connectivity index (χ4v) is 2.92. The summed E-state index contributed by atoms with van der Waals surface area (Å²) in [6, 6.07) is 0. The molecule has 0 aromatic rings. The van der Waals surface area contributed by atoms with Gasteiger partial charge in [-0.15, -0.1) is 0 Å². The lowest BCUT2D eigenvalue weighted by atomic mass is 10.0. The van der Waals surface area contributed by atoms with Crippen molar-refractivity contribution in [2.24, 2.45) is 0 Å². The van der Waals surface area contributed by atoms with Crippen molar-refractivity contribution in [1.29, 1.82) is 0 Å². The van der Waals surface area contributed by atoms with E-state index in [9.17, 15) is 13.2 Å². The van der Waals surface area contributed by atoms with Gasteiger partial charge in [0.05, 0.1) is 19.3 Å². The Morgan fingerprint density at radius 3 is 1.42 bits per heavy atom. The molecule has 0 aromatic heterocycles. The van der Waals surface area contributed by atoms with Crippen LogP contribution in [0.25, 0.3) is 0 Å². The van der Waals surface area contributed by atoms with Crippen LogP contribution >= 0.6 is 0 Å². The van der Waals surface area contributed by atoms with E-state index in [-0.39, 0.29) is 6.10 Å². The molecule has 0 fully saturated rings. The molecule has 0 saturated carbocycles. The van der Waals surface area contributed by atoms with Crippen LogP contribution < -0.4 is 0 Å². The summed E-state index contributed by atoms with van der Waals surface area (Å²) >= 11 is 0. The number of hydrogen-bond acceptors (Lipinski definition) is 2. The summed E-state index contributed by atoms with van der Waals surface area (Å²) in [6.45, 7) is 6.28. The second kappa shape index (κ2) is 18.1. The van der Waals surface area contributed by atoms with Crippen LogP contribution in [0.4, 0.5) is 13.2 Å². The van der Waals surface area contributed by atoms with Crippen LogP contribution in [0.2, 0.25) is 0 Å². The van der Waals surface area contributed by atoms with Gasteiger partial charge in [-0.3, -0.25) is 0 Å². The van der Waals surface area contributed by atoms with Crippen LogP contribution in [0, 0.1) is 0 Å². The van der Waals surface area contributed by atoms with Crippen molar-refractivity contribution in [3.8, 4) is 0 Å². The van der Waals surface area contributed by atoms with Gasteiger partial charge in [-0.05, 0) is 26.7 Å². The van der Waals surface area contributed by atoms with Gasteiger partial charge in [0.1, 0.15) is 0 Å². The molecule has 2 nitrogen and oxygen atoms in total. The third-order valence-corrected chi connectivity index (χ3v) is 4.43. The Balaban J connectivity index is 3.03. The summed E-state index contributed by atoms with van der Waals surface area (Å²) in [4.78, 5) is 0. The first-order valence-electron chi connectivity index (χ1n) is 10.7. The zero-order valence-corrected chi connectivity index (χ0v) is 17.0. The molecule has 5 heteroatoms. The monoisotopic (exact) mass is 382 g/mol. The zero-order chi connectivity index (χ0) is 19.5. The molecule has 0 saturated heterocycles. The molecule has 158 valence electrons. The molecule has 0 aromatic carbocycles. The molecule has 0 amide bonds. The summed E-state index contributed by atoms with van der Waals surface area (Å²) in [5.41, 5.74) is 0. The second-order valence-electron chi connectivity index (χ2n) is 7.49. The van der Waals surface area contributed by atoms with Crippen LogP contribution in [0.15, 0.2) is 0 Å². The summed E-state index contributed by atoms with van der Waals surface area (Å²) in [7, 11) is 0. The van der Waals surface area contributed by atoms with E-state index < -0.39 is 12.6 Å². The van der Waals surface area contributed by atoms with Crippen molar-refractivity contribution in [3.05, 3.63) is 0 Å². The molecule has 0 aliphatic carbocycles. The number of hydrogen-bond donors (Lipinski definition) is 0. The van der Waals surface area contributed by atoms with Crippen LogP contribution in [0.3, 0.4) is 0 Å². The van der Waals surface area contributed by atoms with E-state index in [1.165, 1.54) is 51.4 Å². The molecular formula is C21H41F3O2. The summed E-state index contributed by atoms with van der Waals surface area (Å²) in [6.07, 6.45) is 9.93. The third kappa shape index (κ3) is 23.7. The maximum absolute atomic E-state index is 12.0. The van der Waals surface area contributed by atoms with E-state index in [1.807, 2.05) is 13.8 Å². The van der Waals surface area contributed by atoms with Crippen LogP contribution in [0.1, 0.15) is 104 Å². The first-order valence-corrected chi connectivity index (χ1v) is 10.7. The molecule has 0 unspecified atom stereocenters. The number of alkyl halides is 3. The molecule has 0 aliphatic rings. The van der Waals surface area contributed by atoms with Crippen molar-refractivity contribution in [3.63, 3.8) is 0 Å². The van der Waals surface area contributed by atoms with E-state index >= 15 is 0 Å². The third-order valence-electron chi connectivity index (χ3n) is 4.43. The summed E-state index contributed by atoms with van der Waals surface area (Å²) in [5, 5.41) is 0. The highest BCUT2D eigenvalue weighted by Crippen LogP contribution is 2.23. The first-order chi connectivity index (χ1) is 12.4. The molecule has 26 heavy (non-hydrogen) atoms. The van der Waals surface area contributed by atoms with E-state index in [0.717, 1.165) is 25.9 Å². The predicted molar refractivity (Wildman–Crippen MR) is 103 cm³/mol. The number of rotatable bonds is 19. The average Bonchev–Trinajstić information content (AvgIpc) is 2.55. The van der Waals surface area contributed by atoms with Gasteiger partial charge in [0.2, 0.25) is 0 Å². The number of unbranched alkanes of at least 4 members (excludes halogenated alkanes) is 12. The minimum atomic E-state index is -3.98. The summed E-state index contributed by atoms with van der Waals surface area (Å²) < 4.78 is 46.9. The minimum absolute atomic E-state index is 0.280. The molecule has 0 rings (SSSR count). The van der Waals surface area contributed by atoms with Crippen LogP contribution in [0.5, 0.6) is 0 Å². The SMILES string of the molecule is CC(C)OCCOCCCCCCCCCCCCCCCC(F)(F)F. The predicted octanol–water partition coefficient (Wildman–Crippen LogP) is 7.45. The molecular weight excluding hydrogens is 341 g/mol. The highest BCUT2D eigenvalue weighted by molar-refractivity contribution is 4.53. The Morgan fingerprint density at radius 1 is 0.577 bits per heavy atom. The van der Waals surface area contributed by atoms with E-state index in [2.05, 4.69) is 0 Å². The van der Waals surface area contributed by atoms with Gasteiger partial charge < -0.3 is 9.47 Å². The molecule has 0 N–H and O–H groups in total. The highest BCUT2D eigenvalue weighted by atomic mass is 19.4. The Labute approximate surface area is 159 Å². The quantitative estimate of drug-likeness (QED) is 0.216. The number of ether oxygens (including phenoxy) is 2. The van der Waals surface area contributed by atoms with Gasteiger partial charge in [0.25, 0.3) is 0 Å². The smallest absolute Gasteiger partial charge is 0.379 e. The van der Waals surface area contributed by atoms with E-state index in [0.29, 0.717) is 26.1 Å².